The molecule has 0 N–H and O–H groups in total. The Morgan fingerprint density at radius 2 is 2.00 bits per heavy atom. The van der Waals surface area contributed by atoms with Gasteiger partial charge in [-0.3, -0.25) is 4.79 Å². The minimum absolute atomic E-state index is 0.00463. The Hall–Kier alpha value is -1.13. The predicted molar refractivity (Wildman–Crippen MR) is 101 cm³/mol. The molecule has 0 radical (unpaired) electrons. The SMILES string of the molecule is C/C=C/[C@H](CC(=O)OCC)[C@H]1C[C@](C)(CCC=C(C)C)OC(C)(C)O1. The molecule has 3 atom stereocenters. The van der Waals surface area contributed by atoms with Crippen molar-refractivity contribution < 1.29 is 19.0 Å². The highest BCUT2D eigenvalue weighted by molar-refractivity contribution is 5.70. The van der Waals surface area contributed by atoms with Gasteiger partial charge in [0.2, 0.25) is 0 Å². The standard InChI is InChI=1S/C21H36O4/c1-8-11-17(14-19(22)23-9-2)18-15-21(7,13-10-12-16(3)4)25-20(5,6)24-18/h8,11-12,17-18H,9-10,13-15H2,1-7H3/b11-8+/t17-,18-,21+/m1/s1. The van der Waals surface area contributed by atoms with Gasteiger partial charge in [0.1, 0.15) is 0 Å². The molecule has 1 aliphatic heterocycles. The van der Waals surface area contributed by atoms with E-state index in [0.29, 0.717) is 13.0 Å². The first kappa shape index (κ1) is 21.9. The monoisotopic (exact) mass is 352 g/mol. The summed E-state index contributed by atoms with van der Waals surface area (Å²) in [5.41, 5.74) is 1.05. The first-order chi connectivity index (χ1) is 11.6. The Bertz CT molecular complexity index is 488. The van der Waals surface area contributed by atoms with Gasteiger partial charge in [0.05, 0.1) is 24.7 Å². The molecule has 25 heavy (non-hydrogen) atoms. The Kier molecular flexibility index (Phi) is 8.36. The third kappa shape index (κ3) is 7.74. The number of hydrogen-bond acceptors (Lipinski definition) is 4. The maximum Gasteiger partial charge on any atom is 0.306 e. The van der Waals surface area contributed by atoms with Crippen molar-refractivity contribution in [3.8, 4) is 0 Å². The Balaban J connectivity index is 2.91. The van der Waals surface area contributed by atoms with Crippen LogP contribution in [0.15, 0.2) is 23.8 Å². The van der Waals surface area contributed by atoms with E-state index < -0.39 is 5.79 Å². The fourth-order valence-corrected chi connectivity index (χ4v) is 3.53. The second-order valence-electron chi connectivity index (χ2n) is 7.83. The van der Waals surface area contributed by atoms with E-state index in [0.717, 1.165) is 19.3 Å². The molecule has 1 heterocycles. The molecule has 0 aromatic carbocycles. The van der Waals surface area contributed by atoms with Crippen molar-refractivity contribution in [2.24, 2.45) is 5.92 Å². The van der Waals surface area contributed by atoms with Crippen molar-refractivity contribution in [2.45, 2.75) is 91.6 Å². The molecular weight excluding hydrogens is 316 g/mol. The molecule has 1 aliphatic rings. The van der Waals surface area contributed by atoms with Gasteiger partial charge < -0.3 is 14.2 Å². The fraction of sp³-hybridized carbons (Fsp3) is 0.762. The van der Waals surface area contributed by atoms with Crippen LogP contribution in [0.25, 0.3) is 0 Å². The number of carbonyl (C=O) groups is 1. The molecule has 4 nitrogen and oxygen atoms in total. The summed E-state index contributed by atoms with van der Waals surface area (Å²) in [6, 6.07) is 0. The highest BCUT2D eigenvalue weighted by Crippen LogP contribution is 2.40. The molecular formula is C21H36O4. The number of esters is 1. The topological polar surface area (TPSA) is 44.8 Å². The fourth-order valence-electron chi connectivity index (χ4n) is 3.53. The molecule has 1 rings (SSSR count). The van der Waals surface area contributed by atoms with Crippen molar-refractivity contribution in [1.82, 2.24) is 0 Å². The maximum absolute atomic E-state index is 12.0. The maximum atomic E-state index is 12.0. The lowest BCUT2D eigenvalue weighted by Crippen LogP contribution is -2.52. The number of carbonyl (C=O) groups excluding carboxylic acids is 1. The van der Waals surface area contributed by atoms with Crippen LogP contribution in [0.4, 0.5) is 0 Å². The summed E-state index contributed by atoms with van der Waals surface area (Å²) in [6.45, 7) is 14.5. The van der Waals surface area contributed by atoms with Gasteiger partial charge in [-0.2, -0.15) is 0 Å². The van der Waals surface area contributed by atoms with Crippen LogP contribution in [0, 0.1) is 5.92 Å². The van der Waals surface area contributed by atoms with E-state index in [1.54, 1.807) is 0 Å². The molecule has 4 heteroatoms. The zero-order valence-corrected chi connectivity index (χ0v) is 17.1. The molecule has 0 bridgehead atoms. The highest BCUT2D eigenvalue weighted by atomic mass is 16.7. The lowest BCUT2D eigenvalue weighted by molar-refractivity contribution is -0.336. The summed E-state index contributed by atoms with van der Waals surface area (Å²) in [5.74, 6) is -0.850. The third-order valence-electron chi connectivity index (χ3n) is 4.41. The molecule has 144 valence electrons. The minimum atomic E-state index is -0.670. The van der Waals surface area contributed by atoms with Gasteiger partial charge in [0.15, 0.2) is 5.79 Å². The molecule has 0 spiro atoms. The van der Waals surface area contributed by atoms with Gasteiger partial charge in [-0.1, -0.05) is 23.8 Å². The van der Waals surface area contributed by atoms with E-state index in [9.17, 15) is 4.79 Å². The summed E-state index contributed by atoms with van der Waals surface area (Å²) >= 11 is 0. The summed E-state index contributed by atoms with van der Waals surface area (Å²) in [5, 5.41) is 0. The average Bonchev–Trinajstić information content (AvgIpc) is 2.44. The summed E-state index contributed by atoms with van der Waals surface area (Å²) < 4.78 is 17.6. The summed E-state index contributed by atoms with van der Waals surface area (Å²) in [4.78, 5) is 12.0. The van der Waals surface area contributed by atoms with Gasteiger partial charge >= 0.3 is 5.97 Å². The van der Waals surface area contributed by atoms with E-state index in [-0.39, 0.29) is 23.6 Å². The van der Waals surface area contributed by atoms with E-state index in [1.165, 1.54) is 5.57 Å². The normalized spacial score (nSPS) is 27.1. The van der Waals surface area contributed by atoms with Crippen molar-refractivity contribution in [3.05, 3.63) is 23.8 Å². The van der Waals surface area contributed by atoms with Gasteiger partial charge in [0, 0.05) is 12.3 Å². The Morgan fingerprint density at radius 3 is 2.56 bits per heavy atom. The van der Waals surface area contributed by atoms with Crippen molar-refractivity contribution in [2.75, 3.05) is 6.61 Å². The van der Waals surface area contributed by atoms with Crippen LogP contribution in [0.1, 0.15) is 74.1 Å². The quantitative estimate of drug-likeness (QED) is 0.446. The Labute approximate surface area is 153 Å². The van der Waals surface area contributed by atoms with E-state index in [4.69, 9.17) is 14.2 Å². The molecule has 1 saturated heterocycles. The first-order valence-corrected chi connectivity index (χ1v) is 9.40. The number of hydrogen-bond donors (Lipinski definition) is 0. The van der Waals surface area contributed by atoms with Crippen molar-refractivity contribution in [3.63, 3.8) is 0 Å². The second kappa shape index (κ2) is 9.54. The van der Waals surface area contributed by atoms with Crippen molar-refractivity contribution >= 4 is 5.97 Å². The zero-order valence-electron chi connectivity index (χ0n) is 17.1. The smallest absolute Gasteiger partial charge is 0.306 e. The van der Waals surface area contributed by atoms with Gasteiger partial charge in [-0.25, -0.2) is 0 Å². The lowest BCUT2D eigenvalue weighted by atomic mass is 9.84. The molecule has 0 aromatic heterocycles. The molecule has 0 amide bonds. The third-order valence-corrected chi connectivity index (χ3v) is 4.41. The van der Waals surface area contributed by atoms with Crippen LogP contribution in [-0.4, -0.2) is 30.1 Å². The van der Waals surface area contributed by atoms with E-state index in [1.807, 2.05) is 33.8 Å². The molecule has 0 aromatic rings. The first-order valence-electron chi connectivity index (χ1n) is 9.40. The second-order valence-corrected chi connectivity index (χ2v) is 7.83. The van der Waals surface area contributed by atoms with E-state index in [2.05, 4.69) is 32.9 Å². The predicted octanol–water partition coefficient (Wildman–Crippen LogP) is 5.18. The van der Waals surface area contributed by atoms with Gasteiger partial charge in [-0.05, 0) is 61.3 Å². The van der Waals surface area contributed by atoms with Gasteiger partial charge in [-0.15, -0.1) is 0 Å². The molecule has 0 saturated carbocycles. The van der Waals surface area contributed by atoms with Crippen molar-refractivity contribution in [1.29, 1.82) is 0 Å². The van der Waals surface area contributed by atoms with Crippen LogP contribution in [0.3, 0.4) is 0 Å². The summed E-state index contributed by atoms with van der Waals surface area (Å²) in [6.07, 6.45) is 9.23. The number of rotatable bonds is 8. The average molecular weight is 353 g/mol. The largest absolute Gasteiger partial charge is 0.466 e. The van der Waals surface area contributed by atoms with Crippen LogP contribution in [-0.2, 0) is 19.0 Å². The van der Waals surface area contributed by atoms with E-state index >= 15 is 0 Å². The molecule has 1 fully saturated rings. The highest BCUT2D eigenvalue weighted by Gasteiger charge is 2.44. The Morgan fingerprint density at radius 1 is 1.32 bits per heavy atom. The molecule has 0 aliphatic carbocycles. The lowest BCUT2D eigenvalue weighted by Gasteiger charge is -2.48. The van der Waals surface area contributed by atoms with Crippen LogP contribution in [0.2, 0.25) is 0 Å². The molecule has 0 unspecified atom stereocenters. The number of ether oxygens (including phenoxy) is 3. The van der Waals surface area contributed by atoms with Crippen LogP contribution >= 0.6 is 0 Å². The number of allylic oxidation sites excluding steroid dienone is 3. The zero-order chi connectivity index (χ0) is 19.1. The summed E-state index contributed by atoms with van der Waals surface area (Å²) in [7, 11) is 0. The van der Waals surface area contributed by atoms with Crippen LogP contribution < -0.4 is 0 Å². The van der Waals surface area contributed by atoms with Gasteiger partial charge in [0.25, 0.3) is 0 Å². The van der Waals surface area contributed by atoms with Crippen LogP contribution in [0.5, 0.6) is 0 Å². The minimum Gasteiger partial charge on any atom is -0.466 e.